The molecular formula is C16H26N2O6Si3. The second-order valence-corrected chi connectivity index (χ2v) is 20.4. The Morgan fingerprint density at radius 2 is 0.889 bits per heavy atom. The van der Waals surface area contributed by atoms with Crippen LogP contribution in [-0.2, 0) is 27.4 Å². The smallest absolute Gasteiger partial charge is 0.311 e. The summed E-state index contributed by atoms with van der Waals surface area (Å²) < 4.78 is 12.7. The molecule has 0 radical (unpaired) electrons. The lowest BCUT2D eigenvalue weighted by Gasteiger charge is -2.40. The van der Waals surface area contributed by atoms with Crippen molar-refractivity contribution in [3.05, 3.63) is 24.3 Å². The van der Waals surface area contributed by atoms with E-state index in [1.165, 1.54) is 34.1 Å². The molecule has 27 heavy (non-hydrogen) atoms. The highest BCUT2D eigenvalue weighted by Gasteiger charge is 2.43. The fourth-order valence-electron chi connectivity index (χ4n) is 3.35. The molecule has 148 valence electrons. The van der Waals surface area contributed by atoms with Gasteiger partial charge in [0.1, 0.15) is 0 Å². The standard InChI is InChI=1S/C16H26N2O6Si3/c1-25(2,11-17-13(19)7-8-14(17)20)23-27(5,6)24-26(3,4)12-18-15(21)9-10-16(18)22/h7-10H,11-12H2,1-6H3. The molecule has 0 saturated carbocycles. The highest BCUT2D eigenvalue weighted by atomic mass is 28.5. The zero-order valence-corrected chi connectivity index (χ0v) is 19.6. The Morgan fingerprint density at radius 3 is 1.15 bits per heavy atom. The lowest BCUT2D eigenvalue weighted by molar-refractivity contribution is -0.137. The van der Waals surface area contributed by atoms with Gasteiger partial charge < -0.3 is 8.23 Å². The number of carbonyl (C=O) groups is 4. The molecule has 0 aromatic carbocycles. The molecule has 0 bridgehead atoms. The van der Waals surface area contributed by atoms with Crippen molar-refractivity contribution >= 4 is 48.8 Å². The molecule has 8 nitrogen and oxygen atoms in total. The quantitative estimate of drug-likeness (QED) is 0.426. The first-order valence-corrected chi connectivity index (χ1v) is 17.7. The molecule has 0 aliphatic carbocycles. The normalized spacial score (nSPS) is 18.4. The molecule has 2 heterocycles. The van der Waals surface area contributed by atoms with Crippen LogP contribution in [-0.4, -0.2) is 71.0 Å². The molecule has 0 aromatic heterocycles. The molecule has 0 N–H and O–H groups in total. The van der Waals surface area contributed by atoms with Gasteiger partial charge in [0, 0.05) is 36.6 Å². The van der Waals surface area contributed by atoms with Gasteiger partial charge in [-0.25, -0.2) is 0 Å². The van der Waals surface area contributed by atoms with Crippen molar-refractivity contribution < 1.29 is 27.4 Å². The van der Waals surface area contributed by atoms with E-state index in [1.807, 2.05) is 39.3 Å². The van der Waals surface area contributed by atoms with Crippen molar-refractivity contribution in [2.45, 2.75) is 39.3 Å². The first kappa shape index (κ1) is 21.6. The van der Waals surface area contributed by atoms with E-state index in [4.69, 9.17) is 8.23 Å². The van der Waals surface area contributed by atoms with Gasteiger partial charge in [0.05, 0.1) is 0 Å². The van der Waals surface area contributed by atoms with E-state index >= 15 is 0 Å². The molecule has 0 saturated heterocycles. The van der Waals surface area contributed by atoms with Gasteiger partial charge in [0.25, 0.3) is 23.6 Å². The minimum Gasteiger partial charge on any atom is -0.435 e. The van der Waals surface area contributed by atoms with Crippen molar-refractivity contribution in [3.63, 3.8) is 0 Å². The monoisotopic (exact) mass is 426 g/mol. The maximum Gasteiger partial charge on any atom is 0.311 e. The third kappa shape index (κ3) is 5.65. The van der Waals surface area contributed by atoms with Crippen molar-refractivity contribution in [1.82, 2.24) is 9.80 Å². The lowest BCUT2D eigenvalue weighted by Crippen LogP contribution is -2.59. The van der Waals surface area contributed by atoms with E-state index < -0.39 is 25.2 Å². The van der Waals surface area contributed by atoms with E-state index in [9.17, 15) is 19.2 Å². The highest BCUT2D eigenvalue weighted by molar-refractivity contribution is 6.88. The van der Waals surface area contributed by atoms with Crippen LogP contribution < -0.4 is 0 Å². The van der Waals surface area contributed by atoms with Gasteiger partial charge in [-0.3, -0.25) is 29.0 Å². The summed E-state index contributed by atoms with van der Waals surface area (Å²) in [5, 5.41) is 0. The van der Waals surface area contributed by atoms with E-state index in [-0.39, 0.29) is 36.0 Å². The number of amides is 4. The summed E-state index contributed by atoms with van der Waals surface area (Å²) in [5.41, 5.74) is 0. The topological polar surface area (TPSA) is 93.2 Å². The van der Waals surface area contributed by atoms with Crippen LogP contribution in [0, 0.1) is 0 Å². The third-order valence-corrected chi connectivity index (χ3v) is 14.4. The molecule has 11 heteroatoms. The number of imide groups is 2. The van der Waals surface area contributed by atoms with Crippen LogP contribution in [0.2, 0.25) is 39.3 Å². The molecule has 0 atom stereocenters. The first-order valence-electron chi connectivity index (χ1n) is 8.69. The Kier molecular flexibility index (Phi) is 5.92. The van der Waals surface area contributed by atoms with Gasteiger partial charge in [-0.05, 0) is 39.3 Å². The third-order valence-electron chi connectivity index (χ3n) is 3.92. The molecule has 2 aliphatic rings. The van der Waals surface area contributed by atoms with Gasteiger partial charge in [-0.1, -0.05) is 0 Å². The average molecular weight is 427 g/mol. The Labute approximate surface area is 162 Å². The summed E-state index contributed by atoms with van der Waals surface area (Å²) in [6, 6.07) is 0. The maximum absolute atomic E-state index is 11.8. The zero-order valence-electron chi connectivity index (χ0n) is 16.6. The van der Waals surface area contributed by atoms with Crippen molar-refractivity contribution in [2.24, 2.45) is 0 Å². The van der Waals surface area contributed by atoms with Crippen LogP contribution in [0.1, 0.15) is 0 Å². The number of nitrogens with zero attached hydrogens (tertiary/aromatic N) is 2. The number of hydrogen-bond acceptors (Lipinski definition) is 6. The lowest BCUT2D eigenvalue weighted by atomic mass is 10.6. The second kappa shape index (κ2) is 7.39. The summed E-state index contributed by atoms with van der Waals surface area (Å²) in [6.07, 6.45) is 5.57. The molecule has 2 aliphatic heterocycles. The van der Waals surface area contributed by atoms with E-state index in [2.05, 4.69) is 0 Å². The first-order chi connectivity index (χ1) is 12.2. The maximum atomic E-state index is 11.8. The zero-order chi connectivity index (χ0) is 20.6. The molecule has 4 amide bonds. The van der Waals surface area contributed by atoms with E-state index in [0.717, 1.165) is 0 Å². The predicted molar refractivity (Wildman–Crippen MR) is 106 cm³/mol. The second-order valence-electron chi connectivity index (χ2n) is 8.32. The summed E-state index contributed by atoms with van der Waals surface area (Å²) in [5.74, 6) is -1.29. The van der Waals surface area contributed by atoms with Crippen LogP contribution in [0.3, 0.4) is 0 Å². The summed E-state index contributed by atoms with van der Waals surface area (Å²) >= 11 is 0. The fraction of sp³-hybridized carbons (Fsp3) is 0.500. The van der Waals surface area contributed by atoms with Crippen LogP contribution in [0.25, 0.3) is 0 Å². The molecule has 2 rings (SSSR count). The Bertz CT molecular complexity index is 648. The van der Waals surface area contributed by atoms with Gasteiger partial charge in [0.15, 0.2) is 16.6 Å². The van der Waals surface area contributed by atoms with Crippen LogP contribution >= 0.6 is 0 Å². The minimum absolute atomic E-state index is 0.256. The predicted octanol–water partition coefficient (Wildman–Crippen LogP) is 1.06. The molecule has 0 spiro atoms. The Morgan fingerprint density at radius 1 is 0.630 bits per heavy atom. The fourth-order valence-corrected chi connectivity index (χ4v) is 17.2. The molecule has 0 fully saturated rings. The largest absolute Gasteiger partial charge is 0.435 e. The van der Waals surface area contributed by atoms with Gasteiger partial charge in [-0.15, -0.1) is 0 Å². The minimum atomic E-state index is -2.62. The molecule has 0 aromatic rings. The van der Waals surface area contributed by atoms with Crippen LogP contribution in [0.5, 0.6) is 0 Å². The average Bonchev–Trinajstić information content (AvgIpc) is 2.94. The number of carbonyl (C=O) groups excluding carboxylic acids is 4. The van der Waals surface area contributed by atoms with Crippen molar-refractivity contribution in [1.29, 1.82) is 0 Å². The van der Waals surface area contributed by atoms with Gasteiger partial charge in [0.2, 0.25) is 0 Å². The SMILES string of the molecule is C[Si](C)(CN1C(=O)C=CC1=O)O[Si](C)(C)O[Si](C)(C)CN1C(=O)C=CC1=O. The van der Waals surface area contributed by atoms with Gasteiger partial charge in [-0.2, -0.15) is 0 Å². The van der Waals surface area contributed by atoms with Crippen LogP contribution in [0.4, 0.5) is 0 Å². The number of rotatable bonds is 8. The van der Waals surface area contributed by atoms with Crippen molar-refractivity contribution in [2.75, 3.05) is 12.3 Å². The number of hydrogen-bond donors (Lipinski definition) is 0. The molecule has 0 unspecified atom stereocenters. The Hall–Kier alpha value is -1.67. The van der Waals surface area contributed by atoms with E-state index in [0.29, 0.717) is 0 Å². The Balaban J connectivity index is 1.99. The molecular weight excluding hydrogens is 400 g/mol. The van der Waals surface area contributed by atoms with Gasteiger partial charge >= 0.3 is 8.56 Å². The van der Waals surface area contributed by atoms with Crippen LogP contribution in [0.15, 0.2) is 24.3 Å². The summed E-state index contributed by atoms with van der Waals surface area (Å²) in [7, 11) is -7.45. The van der Waals surface area contributed by atoms with E-state index in [1.54, 1.807) is 0 Å². The van der Waals surface area contributed by atoms with Crippen molar-refractivity contribution in [3.8, 4) is 0 Å². The summed E-state index contributed by atoms with van der Waals surface area (Å²) in [4.78, 5) is 49.6. The highest BCUT2D eigenvalue weighted by Crippen LogP contribution is 2.23. The summed E-state index contributed by atoms with van der Waals surface area (Å²) in [6.45, 7) is 11.6.